The predicted octanol–water partition coefficient (Wildman–Crippen LogP) is 8.31. The van der Waals surface area contributed by atoms with Crippen LogP contribution in [0.2, 0.25) is 0 Å². The van der Waals surface area contributed by atoms with Gasteiger partial charge in [-0.2, -0.15) is 0 Å². The molecule has 198 valence electrons. The maximum absolute atomic E-state index is 11.4. The summed E-state index contributed by atoms with van der Waals surface area (Å²) in [5, 5.41) is 1.31. The third-order valence-corrected chi connectivity index (χ3v) is 7.20. The fraction of sp³-hybridized carbons (Fsp3) is 0.229. The molecular formula is C35H35NO3. The summed E-state index contributed by atoms with van der Waals surface area (Å²) >= 11 is 0. The molecule has 4 aromatic carbocycles. The molecule has 0 atom stereocenters. The van der Waals surface area contributed by atoms with Crippen LogP contribution in [0.25, 0.3) is 33.3 Å². The van der Waals surface area contributed by atoms with Crippen LogP contribution >= 0.6 is 0 Å². The molecule has 39 heavy (non-hydrogen) atoms. The molecule has 1 aromatic heterocycles. The number of fused-ring (bicyclic) bond motifs is 1. The van der Waals surface area contributed by atoms with Crippen LogP contribution in [0, 0.1) is 0 Å². The molecule has 5 aromatic rings. The summed E-state index contributed by atoms with van der Waals surface area (Å²) < 4.78 is 12.7. The molecule has 5 rings (SSSR count). The van der Waals surface area contributed by atoms with Crippen molar-refractivity contribution in [2.75, 3.05) is 13.7 Å². The van der Waals surface area contributed by atoms with Crippen LogP contribution in [-0.2, 0) is 22.5 Å². The van der Waals surface area contributed by atoms with Gasteiger partial charge in [-0.05, 0) is 64.9 Å². The number of rotatable bonds is 11. The first-order valence-corrected chi connectivity index (χ1v) is 13.7. The van der Waals surface area contributed by atoms with E-state index in [2.05, 4.69) is 95.1 Å². The Balaban J connectivity index is 1.60. The van der Waals surface area contributed by atoms with Gasteiger partial charge in [-0.3, -0.25) is 0 Å². The minimum Gasteiger partial charge on any atom is -0.482 e. The van der Waals surface area contributed by atoms with Crippen molar-refractivity contribution >= 4 is 16.9 Å². The van der Waals surface area contributed by atoms with E-state index in [0.29, 0.717) is 5.75 Å². The number of carbonyl (C=O) groups excluding carboxylic acids is 1. The summed E-state index contributed by atoms with van der Waals surface area (Å²) in [6.45, 7) is 2.98. The monoisotopic (exact) mass is 517 g/mol. The van der Waals surface area contributed by atoms with Crippen LogP contribution in [0.3, 0.4) is 0 Å². The SMILES string of the molecule is CCCCCc1c(-c2ccccc2)n(Cc2ccccc2)c2ccc(-c3ccc(OCC(=O)OC)cc3)cc12. The van der Waals surface area contributed by atoms with Gasteiger partial charge in [0, 0.05) is 17.4 Å². The number of benzene rings is 4. The lowest BCUT2D eigenvalue weighted by Gasteiger charge is -2.13. The Morgan fingerprint density at radius 1 is 0.769 bits per heavy atom. The van der Waals surface area contributed by atoms with E-state index in [4.69, 9.17) is 4.74 Å². The highest BCUT2D eigenvalue weighted by atomic mass is 16.6. The first-order chi connectivity index (χ1) is 19.2. The van der Waals surface area contributed by atoms with Crippen molar-refractivity contribution in [2.45, 2.75) is 39.2 Å². The van der Waals surface area contributed by atoms with Crippen molar-refractivity contribution in [3.05, 3.63) is 114 Å². The molecule has 0 unspecified atom stereocenters. The fourth-order valence-corrected chi connectivity index (χ4v) is 5.21. The molecule has 4 nitrogen and oxygen atoms in total. The molecule has 1 heterocycles. The van der Waals surface area contributed by atoms with E-state index >= 15 is 0 Å². The third-order valence-electron chi connectivity index (χ3n) is 7.20. The number of nitrogens with zero attached hydrogens (tertiary/aromatic N) is 1. The van der Waals surface area contributed by atoms with Crippen molar-refractivity contribution < 1.29 is 14.3 Å². The van der Waals surface area contributed by atoms with E-state index in [1.165, 1.54) is 53.2 Å². The van der Waals surface area contributed by atoms with Gasteiger partial charge in [0.05, 0.1) is 12.8 Å². The second-order valence-electron chi connectivity index (χ2n) is 9.84. The number of hydrogen-bond acceptors (Lipinski definition) is 3. The molecular weight excluding hydrogens is 482 g/mol. The zero-order valence-electron chi connectivity index (χ0n) is 22.7. The Labute approximate surface area is 230 Å². The summed E-state index contributed by atoms with van der Waals surface area (Å²) in [7, 11) is 1.36. The molecule has 0 saturated carbocycles. The van der Waals surface area contributed by atoms with Gasteiger partial charge in [-0.1, -0.05) is 98.6 Å². The fourth-order valence-electron chi connectivity index (χ4n) is 5.21. The quantitative estimate of drug-likeness (QED) is 0.131. The molecule has 0 spiro atoms. The molecule has 0 bridgehead atoms. The van der Waals surface area contributed by atoms with Gasteiger partial charge in [0.1, 0.15) is 5.75 Å². The van der Waals surface area contributed by atoms with E-state index in [9.17, 15) is 4.79 Å². The number of methoxy groups -OCH3 is 1. The van der Waals surface area contributed by atoms with Crippen LogP contribution in [-0.4, -0.2) is 24.3 Å². The maximum Gasteiger partial charge on any atom is 0.343 e. The molecule has 0 fully saturated rings. The molecule has 0 radical (unpaired) electrons. The van der Waals surface area contributed by atoms with Crippen molar-refractivity contribution in [1.82, 2.24) is 4.57 Å². The largest absolute Gasteiger partial charge is 0.482 e. The van der Waals surface area contributed by atoms with Gasteiger partial charge in [0.2, 0.25) is 0 Å². The second kappa shape index (κ2) is 12.5. The minimum atomic E-state index is -0.394. The Morgan fingerprint density at radius 3 is 2.15 bits per heavy atom. The molecule has 0 aliphatic heterocycles. The zero-order valence-corrected chi connectivity index (χ0v) is 22.7. The van der Waals surface area contributed by atoms with Crippen LogP contribution in [0.1, 0.15) is 37.3 Å². The van der Waals surface area contributed by atoms with Gasteiger partial charge < -0.3 is 14.0 Å². The number of hydrogen-bond donors (Lipinski definition) is 0. The summed E-state index contributed by atoms with van der Waals surface area (Å²) in [4.78, 5) is 11.4. The first-order valence-electron chi connectivity index (χ1n) is 13.7. The summed E-state index contributed by atoms with van der Waals surface area (Å²) in [5.41, 5.74) is 8.80. The normalized spacial score (nSPS) is 11.0. The summed E-state index contributed by atoms with van der Waals surface area (Å²) in [5.74, 6) is 0.250. The minimum absolute atomic E-state index is 0.0971. The molecule has 0 aliphatic rings. The molecule has 0 saturated heterocycles. The molecule has 0 aliphatic carbocycles. The number of unbranched alkanes of at least 4 members (excludes halogenated alkanes) is 2. The van der Waals surface area contributed by atoms with Gasteiger partial charge in [0.25, 0.3) is 0 Å². The standard InChI is InChI=1S/C35H35NO3/c1-3-4-7-16-31-32-23-29(27-17-20-30(21-18-27)39-25-34(37)38-2)19-22-33(32)36(24-26-12-8-5-9-13-26)35(31)28-14-10-6-11-15-28/h5-6,8-15,17-23H,3-4,7,16,24-25H2,1-2H3. The average molecular weight is 518 g/mol. The van der Waals surface area contributed by atoms with Gasteiger partial charge in [0.15, 0.2) is 6.61 Å². The van der Waals surface area contributed by atoms with Crippen molar-refractivity contribution in [1.29, 1.82) is 0 Å². The highest BCUT2D eigenvalue weighted by Gasteiger charge is 2.19. The Hall–Kier alpha value is -4.31. The highest BCUT2D eigenvalue weighted by Crippen LogP contribution is 2.38. The van der Waals surface area contributed by atoms with E-state index in [-0.39, 0.29) is 6.61 Å². The van der Waals surface area contributed by atoms with Gasteiger partial charge >= 0.3 is 5.97 Å². The predicted molar refractivity (Wildman–Crippen MR) is 159 cm³/mol. The van der Waals surface area contributed by atoms with Crippen molar-refractivity contribution in [2.24, 2.45) is 0 Å². The molecule has 0 N–H and O–H groups in total. The van der Waals surface area contributed by atoms with Crippen LogP contribution in [0.15, 0.2) is 103 Å². The summed E-state index contributed by atoms with van der Waals surface area (Å²) in [6, 6.07) is 36.2. The average Bonchev–Trinajstić information content (AvgIpc) is 3.29. The van der Waals surface area contributed by atoms with Gasteiger partial charge in [-0.25, -0.2) is 4.79 Å². The van der Waals surface area contributed by atoms with E-state index in [1.807, 2.05) is 24.3 Å². The number of aryl methyl sites for hydroxylation is 1. The number of carbonyl (C=O) groups is 1. The second-order valence-corrected chi connectivity index (χ2v) is 9.84. The first kappa shape index (κ1) is 26.3. The van der Waals surface area contributed by atoms with Gasteiger partial charge in [-0.15, -0.1) is 0 Å². The Bertz CT molecular complexity index is 1520. The Morgan fingerprint density at radius 2 is 1.46 bits per heavy atom. The summed E-state index contributed by atoms with van der Waals surface area (Å²) in [6.07, 6.45) is 4.61. The van der Waals surface area contributed by atoms with Crippen LogP contribution in [0.4, 0.5) is 0 Å². The van der Waals surface area contributed by atoms with Crippen molar-refractivity contribution in [3.63, 3.8) is 0 Å². The van der Waals surface area contributed by atoms with Crippen LogP contribution in [0.5, 0.6) is 5.75 Å². The lowest BCUT2D eigenvalue weighted by molar-refractivity contribution is -0.142. The number of esters is 1. The smallest absolute Gasteiger partial charge is 0.343 e. The van der Waals surface area contributed by atoms with Crippen molar-refractivity contribution in [3.8, 4) is 28.1 Å². The van der Waals surface area contributed by atoms with E-state index in [1.54, 1.807) is 0 Å². The van der Waals surface area contributed by atoms with E-state index in [0.717, 1.165) is 30.5 Å². The van der Waals surface area contributed by atoms with E-state index < -0.39 is 5.97 Å². The highest BCUT2D eigenvalue weighted by molar-refractivity contribution is 5.95. The zero-order chi connectivity index (χ0) is 27.0. The van der Waals surface area contributed by atoms with Crippen LogP contribution < -0.4 is 4.74 Å². The lowest BCUT2D eigenvalue weighted by Crippen LogP contribution is -2.12. The lowest BCUT2D eigenvalue weighted by atomic mass is 9.97. The molecule has 4 heteroatoms. The third kappa shape index (κ3) is 6.06. The maximum atomic E-state index is 11.4. The number of ether oxygens (including phenoxy) is 2. The topological polar surface area (TPSA) is 40.5 Å². The Kier molecular flexibility index (Phi) is 8.42. The molecule has 0 amide bonds. The number of aromatic nitrogens is 1.